The van der Waals surface area contributed by atoms with Crippen molar-refractivity contribution in [1.82, 2.24) is 15.3 Å². The molecule has 1 N–H and O–H groups in total. The first kappa shape index (κ1) is 16.7. The summed E-state index contributed by atoms with van der Waals surface area (Å²) in [5, 5.41) is 3.76. The molecule has 126 valence electrons. The second-order valence-electron chi connectivity index (χ2n) is 6.09. The van der Waals surface area contributed by atoms with Gasteiger partial charge in [0.05, 0.1) is 12.0 Å². The number of aromatic nitrogens is 2. The lowest BCUT2D eigenvalue weighted by molar-refractivity contribution is -0.125. The van der Waals surface area contributed by atoms with E-state index in [0.29, 0.717) is 17.5 Å². The van der Waals surface area contributed by atoms with Gasteiger partial charge in [-0.3, -0.25) is 4.79 Å². The van der Waals surface area contributed by atoms with Crippen LogP contribution in [0.3, 0.4) is 0 Å². The quantitative estimate of drug-likeness (QED) is 0.925. The molecule has 0 saturated carbocycles. The summed E-state index contributed by atoms with van der Waals surface area (Å²) in [5.41, 5.74) is 0.937. The molecule has 1 fully saturated rings. The van der Waals surface area contributed by atoms with E-state index in [9.17, 15) is 4.79 Å². The van der Waals surface area contributed by atoms with Crippen LogP contribution in [0.2, 0.25) is 5.02 Å². The zero-order valence-electron chi connectivity index (χ0n) is 13.7. The lowest BCUT2D eigenvalue weighted by atomic mass is 9.96. The Hall–Kier alpha value is -2.14. The SMILES string of the molecule is CC(NC(=O)C1CCCN(c2ncccn2)C1)c1ccccc1Cl. The van der Waals surface area contributed by atoms with Crippen LogP contribution in [-0.4, -0.2) is 29.0 Å². The number of carbonyl (C=O) groups is 1. The minimum Gasteiger partial charge on any atom is -0.349 e. The standard InChI is InChI=1S/C18H21ClN4O/c1-13(15-7-2-3-8-16(15)19)22-17(24)14-6-4-11-23(12-14)18-20-9-5-10-21-18/h2-3,5,7-10,13-14H,4,6,11-12H2,1H3,(H,22,24). The van der Waals surface area contributed by atoms with Gasteiger partial charge in [-0.15, -0.1) is 0 Å². The minimum atomic E-state index is -0.116. The second kappa shape index (κ2) is 7.62. The van der Waals surface area contributed by atoms with Crippen LogP contribution in [0.4, 0.5) is 5.95 Å². The zero-order chi connectivity index (χ0) is 16.9. The first-order valence-corrected chi connectivity index (χ1v) is 8.59. The fraction of sp³-hybridized carbons (Fsp3) is 0.389. The van der Waals surface area contributed by atoms with Crippen molar-refractivity contribution in [1.29, 1.82) is 0 Å². The number of nitrogens with one attached hydrogen (secondary N) is 1. The molecule has 2 atom stereocenters. The van der Waals surface area contributed by atoms with E-state index in [0.717, 1.165) is 24.9 Å². The molecule has 3 rings (SSSR count). The van der Waals surface area contributed by atoms with Crippen LogP contribution in [0.1, 0.15) is 31.4 Å². The summed E-state index contributed by atoms with van der Waals surface area (Å²) in [6, 6.07) is 9.28. The lowest BCUT2D eigenvalue weighted by Gasteiger charge is -2.32. The van der Waals surface area contributed by atoms with Crippen molar-refractivity contribution in [2.24, 2.45) is 5.92 Å². The Bertz CT molecular complexity index is 694. The van der Waals surface area contributed by atoms with Crippen LogP contribution in [0.25, 0.3) is 0 Å². The van der Waals surface area contributed by atoms with Crippen molar-refractivity contribution in [3.8, 4) is 0 Å². The lowest BCUT2D eigenvalue weighted by Crippen LogP contribution is -2.44. The van der Waals surface area contributed by atoms with Gasteiger partial charge in [0.25, 0.3) is 0 Å². The van der Waals surface area contributed by atoms with Gasteiger partial charge in [0.2, 0.25) is 11.9 Å². The van der Waals surface area contributed by atoms with Crippen molar-refractivity contribution < 1.29 is 4.79 Å². The molecule has 0 aliphatic carbocycles. The first-order chi connectivity index (χ1) is 11.6. The predicted molar refractivity (Wildman–Crippen MR) is 95.0 cm³/mol. The normalized spacial score (nSPS) is 18.9. The maximum absolute atomic E-state index is 12.6. The number of piperidine rings is 1. The maximum atomic E-state index is 12.6. The topological polar surface area (TPSA) is 58.1 Å². The monoisotopic (exact) mass is 344 g/mol. The summed E-state index contributed by atoms with van der Waals surface area (Å²) >= 11 is 6.22. The number of halogens is 1. The van der Waals surface area contributed by atoms with Crippen molar-refractivity contribution >= 4 is 23.5 Å². The maximum Gasteiger partial charge on any atom is 0.225 e. The Balaban J connectivity index is 1.63. The molecule has 1 aliphatic rings. The summed E-state index contributed by atoms with van der Waals surface area (Å²) in [6.45, 7) is 3.49. The molecule has 0 bridgehead atoms. The third-order valence-corrected chi connectivity index (χ3v) is 4.70. The van der Waals surface area contributed by atoms with Gasteiger partial charge in [0.15, 0.2) is 0 Å². The molecule has 2 heterocycles. The molecular formula is C18H21ClN4O. The predicted octanol–water partition coefficient (Wildman–Crippen LogP) is 3.22. The number of rotatable bonds is 4. The molecular weight excluding hydrogens is 324 g/mol. The van der Waals surface area contributed by atoms with Gasteiger partial charge in [0.1, 0.15) is 0 Å². The fourth-order valence-electron chi connectivity index (χ4n) is 3.06. The highest BCUT2D eigenvalue weighted by atomic mass is 35.5. The Kier molecular flexibility index (Phi) is 5.30. The number of amides is 1. The highest BCUT2D eigenvalue weighted by Gasteiger charge is 2.28. The van der Waals surface area contributed by atoms with Gasteiger partial charge < -0.3 is 10.2 Å². The van der Waals surface area contributed by atoms with Crippen LogP contribution < -0.4 is 10.2 Å². The number of benzene rings is 1. The highest BCUT2D eigenvalue weighted by Crippen LogP contribution is 2.24. The number of hydrogen-bond donors (Lipinski definition) is 1. The van der Waals surface area contributed by atoms with Gasteiger partial charge in [-0.25, -0.2) is 9.97 Å². The van der Waals surface area contributed by atoms with E-state index < -0.39 is 0 Å². The van der Waals surface area contributed by atoms with Crippen LogP contribution in [0, 0.1) is 5.92 Å². The molecule has 1 aliphatic heterocycles. The Morgan fingerprint density at radius 3 is 2.79 bits per heavy atom. The van der Waals surface area contributed by atoms with Crippen molar-refractivity contribution in [2.45, 2.75) is 25.8 Å². The van der Waals surface area contributed by atoms with Crippen molar-refractivity contribution in [3.63, 3.8) is 0 Å². The van der Waals surface area contributed by atoms with Crippen molar-refractivity contribution in [3.05, 3.63) is 53.3 Å². The molecule has 5 nitrogen and oxygen atoms in total. The van der Waals surface area contributed by atoms with Gasteiger partial charge in [0, 0.05) is 30.5 Å². The molecule has 0 radical (unpaired) electrons. The number of anilines is 1. The number of nitrogens with zero attached hydrogens (tertiary/aromatic N) is 3. The number of hydrogen-bond acceptors (Lipinski definition) is 4. The smallest absolute Gasteiger partial charge is 0.225 e. The summed E-state index contributed by atoms with van der Waals surface area (Å²) < 4.78 is 0. The van der Waals surface area contributed by atoms with Gasteiger partial charge in [-0.1, -0.05) is 29.8 Å². The fourth-order valence-corrected chi connectivity index (χ4v) is 3.36. The average molecular weight is 345 g/mol. The molecule has 2 unspecified atom stereocenters. The van der Waals surface area contributed by atoms with E-state index >= 15 is 0 Å². The molecule has 1 aromatic heterocycles. The zero-order valence-corrected chi connectivity index (χ0v) is 14.4. The Morgan fingerprint density at radius 1 is 1.29 bits per heavy atom. The van der Waals surface area contributed by atoms with E-state index in [4.69, 9.17) is 11.6 Å². The van der Waals surface area contributed by atoms with Crippen LogP contribution in [-0.2, 0) is 4.79 Å². The molecule has 1 saturated heterocycles. The summed E-state index contributed by atoms with van der Waals surface area (Å²) in [5.74, 6) is 0.685. The summed E-state index contributed by atoms with van der Waals surface area (Å²) in [7, 11) is 0. The van der Waals surface area contributed by atoms with E-state index in [2.05, 4.69) is 20.2 Å². The van der Waals surface area contributed by atoms with Crippen molar-refractivity contribution in [2.75, 3.05) is 18.0 Å². The highest BCUT2D eigenvalue weighted by molar-refractivity contribution is 6.31. The molecule has 0 spiro atoms. The third kappa shape index (κ3) is 3.85. The first-order valence-electron chi connectivity index (χ1n) is 8.22. The third-order valence-electron chi connectivity index (χ3n) is 4.36. The van der Waals surface area contributed by atoms with E-state index in [-0.39, 0.29) is 17.9 Å². The molecule has 2 aromatic rings. The van der Waals surface area contributed by atoms with Gasteiger partial charge >= 0.3 is 0 Å². The molecule has 6 heteroatoms. The molecule has 1 aromatic carbocycles. The van der Waals surface area contributed by atoms with Gasteiger partial charge in [-0.05, 0) is 37.5 Å². The van der Waals surface area contributed by atoms with E-state index in [1.54, 1.807) is 18.5 Å². The Morgan fingerprint density at radius 2 is 2.04 bits per heavy atom. The Labute approximate surface area is 147 Å². The number of carbonyl (C=O) groups excluding carboxylic acids is 1. The molecule has 1 amide bonds. The summed E-state index contributed by atoms with van der Waals surface area (Å²) in [4.78, 5) is 23.3. The average Bonchev–Trinajstić information content (AvgIpc) is 2.63. The van der Waals surface area contributed by atoms with Crippen LogP contribution in [0.15, 0.2) is 42.7 Å². The van der Waals surface area contributed by atoms with Gasteiger partial charge in [-0.2, -0.15) is 0 Å². The van der Waals surface area contributed by atoms with Crippen LogP contribution >= 0.6 is 11.6 Å². The van der Waals surface area contributed by atoms with E-state index in [1.165, 1.54) is 0 Å². The van der Waals surface area contributed by atoms with E-state index in [1.807, 2.05) is 31.2 Å². The minimum absolute atomic E-state index is 0.0584. The second-order valence-corrected chi connectivity index (χ2v) is 6.49. The largest absolute Gasteiger partial charge is 0.349 e. The molecule has 24 heavy (non-hydrogen) atoms. The summed E-state index contributed by atoms with van der Waals surface area (Å²) in [6.07, 6.45) is 5.29. The van der Waals surface area contributed by atoms with Crippen LogP contribution in [0.5, 0.6) is 0 Å².